The van der Waals surface area contributed by atoms with Crippen molar-refractivity contribution in [3.05, 3.63) is 52.2 Å². The number of aryl methyl sites for hydroxylation is 3. The summed E-state index contributed by atoms with van der Waals surface area (Å²) in [7, 11) is 1.80. The van der Waals surface area contributed by atoms with Gasteiger partial charge in [0.25, 0.3) is 5.56 Å². The van der Waals surface area contributed by atoms with Gasteiger partial charge in [0.15, 0.2) is 5.65 Å². The summed E-state index contributed by atoms with van der Waals surface area (Å²) in [5.41, 5.74) is 2.57. The van der Waals surface area contributed by atoms with E-state index in [2.05, 4.69) is 10.1 Å². The van der Waals surface area contributed by atoms with Gasteiger partial charge in [0.2, 0.25) is 0 Å². The third kappa shape index (κ3) is 1.82. The highest BCUT2D eigenvalue weighted by Crippen LogP contribution is 2.13. The van der Waals surface area contributed by atoms with Crippen LogP contribution in [0.25, 0.3) is 16.7 Å². The monoisotopic (exact) mass is 268 g/mol. The van der Waals surface area contributed by atoms with Crippen LogP contribution in [0, 0.1) is 6.92 Å². The molecule has 0 aliphatic rings. The predicted octanol–water partition coefficient (Wildman–Crippen LogP) is 1.99. The Kier molecular flexibility index (Phi) is 2.89. The van der Waals surface area contributed by atoms with E-state index in [0.29, 0.717) is 17.5 Å². The lowest BCUT2D eigenvalue weighted by molar-refractivity contribution is 0.767. The summed E-state index contributed by atoms with van der Waals surface area (Å²) in [5, 5.41) is 4.67. The van der Waals surface area contributed by atoms with E-state index in [1.165, 1.54) is 0 Å². The van der Waals surface area contributed by atoms with Crippen molar-refractivity contribution in [2.24, 2.45) is 7.05 Å². The Morgan fingerprint density at radius 3 is 2.55 bits per heavy atom. The summed E-state index contributed by atoms with van der Waals surface area (Å²) < 4.78 is 3.30. The molecule has 3 aromatic rings. The minimum Gasteiger partial charge on any atom is -0.268 e. The van der Waals surface area contributed by atoms with Crippen LogP contribution >= 0.6 is 0 Å². The van der Waals surface area contributed by atoms with Crippen LogP contribution in [0.15, 0.2) is 35.3 Å². The first-order valence-electron chi connectivity index (χ1n) is 6.62. The van der Waals surface area contributed by atoms with Crippen molar-refractivity contribution in [3.8, 4) is 5.69 Å². The van der Waals surface area contributed by atoms with E-state index in [0.717, 1.165) is 17.1 Å². The van der Waals surface area contributed by atoms with Crippen LogP contribution in [0.4, 0.5) is 0 Å². The Hall–Kier alpha value is -2.43. The molecule has 0 atom stereocenters. The molecule has 0 spiro atoms. The van der Waals surface area contributed by atoms with Crippen molar-refractivity contribution in [3.63, 3.8) is 0 Å². The van der Waals surface area contributed by atoms with Crippen LogP contribution < -0.4 is 5.56 Å². The van der Waals surface area contributed by atoms with Crippen molar-refractivity contribution < 1.29 is 0 Å². The lowest BCUT2D eigenvalue weighted by Crippen LogP contribution is -2.23. The number of benzene rings is 1. The third-order valence-corrected chi connectivity index (χ3v) is 3.44. The van der Waals surface area contributed by atoms with Crippen LogP contribution in [0.3, 0.4) is 0 Å². The van der Waals surface area contributed by atoms with E-state index in [1.54, 1.807) is 22.5 Å². The van der Waals surface area contributed by atoms with Gasteiger partial charge in [0.1, 0.15) is 11.2 Å². The van der Waals surface area contributed by atoms with Crippen LogP contribution in [0.5, 0.6) is 0 Å². The predicted molar refractivity (Wildman–Crippen MR) is 78.2 cm³/mol. The number of aromatic nitrogens is 4. The Morgan fingerprint density at radius 1 is 1.20 bits per heavy atom. The molecular formula is C15H16N4O. The summed E-state index contributed by atoms with van der Waals surface area (Å²) in [4.78, 5) is 17.3. The van der Waals surface area contributed by atoms with Crippen LogP contribution in [0.2, 0.25) is 0 Å². The van der Waals surface area contributed by atoms with Crippen molar-refractivity contribution in [1.29, 1.82) is 0 Å². The average Bonchev–Trinajstić information content (AvgIpc) is 2.82. The molecule has 2 aromatic heterocycles. The normalized spacial score (nSPS) is 11.2. The summed E-state index contributed by atoms with van der Waals surface area (Å²) in [6.07, 6.45) is 2.26. The zero-order valence-corrected chi connectivity index (χ0v) is 11.8. The standard InChI is InChI=1S/C15H16N4O/c1-4-13-17-14-12(9-16-18(14)3)15(20)19(13)11-7-5-10(2)6-8-11/h5-9H,4H2,1-3H3. The molecule has 0 saturated carbocycles. The molecule has 1 aromatic carbocycles. The van der Waals surface area contributed by atoms with Gasteiger partial charge >= 0.3 is 0 Å². The lowest BCUT2D eigenvalue weighted by Gasteiger charge is -2.11. The Morgan fingerprint density at radius 2 is 1.90 bits per heavy atom. The molecule has 2 heterocycles. The molecule has 0 fully saturated rings. The number of hydrogen-bond acceptors (Lipinski definition) is 3. The molecule has 0 aliphatic heterocycles. The topological polar surface area (TPSA) is 52.7 Å². The summed E-state index contributed by atoms with van der Waals surface area (Å²) in [6, 6.07) is 7.88. The third-order valence-electron chi connectivity index (χ3n) is 3.44. The molecule has 3 rings (SSSR count). The second-order valence-corrected chi connectivity index (χ2v) is 4.86. The number of nitrogens with zero attached hydrogens (tertiary/aromatic N) is 4. The fourth-order valence-electron chi connectivity index (χ4n) is 2.32. The molecule has 102 valence electrons. The maximum absolute atomic E-state index is 12.7. The van der Waals surface area contributed by atoms with Crippen molar-refractivity contribution in [2.45, 2.75) is 20.3 Å². The van der Waals surface area contributed by atoms with E-state index in [-0.39, 0.29) is 5.56 Å². The van der Waals surface area contributed by atoms with Gasteiger partial charge in [-0.2, -0.15) is 5.10 Å². The molecule has 0 N–H and O–H groups in total. The summed E-state index contributed by atoms with van der Waals surface area (Å²) >= 11 is 0. The quantitative estimate of drug-likeness (QED) is 0.714. The zero-order chi connectivity index (χ0) is 14.3. The molecule has 0 bridgehead atoms. The average molecular weight is 268 g/mol. The SMILES string of the molecule is CCc1nc2c(cnn2C)c(=O)n1-c1ccc(C)cc1. The highest BCUT2D eigenvalue weighted by atomic mass is 16.1. The zero-order valence-electron chi connectivity index (χ0n) is 11.8. The van der Waals surface area contributed by atoms with Crippen molar-refractivity contribution in [2.75, 3.05) is 0 Å². The van der Waals surface area contributed by atoms with Gasteiger partial charge in [-0.15, -0.1) is 0 Å². The minimum absolute atomic E-state index is 0.0659. The van der Waals surface area contributed by atoms with E-state index < -0.39 is 0 Å². The van der Waals surface area contributed by atoms with Gasteiger partial charge in [-0.1, -0.05) is 24.6 Å². The van der Waals surface area contributed by atoms with Gasteiger partial charge in [-0.3, -0.25) is 14.0 Å². The van der Waals surface area contributed by atoms with Crippen molar-refractivity contribution in [1.82, 2.24) is 19.3 Å². The fourth-order valence-corrected chi connectivity index (χ4v) is 2.32. The minimum atomic E-state index is -0.0659. The van der Waals surface area contributed by atoms with Gasteiger partial charge in [-0.25, -0.2) is 4.98 Å². The maximum atomic E-state index is 12.7. The Balaban J connectivity index is 2.36. The first-order valence-corrected chi connectivity index (χ1v) is 6.62. The Bertz CT molecular complexity index is 827. The molecule has 0 amide bonds. The van der Waals surface area contributed by atoms with Gasteiger partial charge < -0.3 is 0 Å². The highest BCUT2D eigenvalue weighted by Gasteiger charge is 2.14. The fraction of sp³-hybridized carbons (Fsp3) is 0.267. The van der Waals surface area contributed by atoms with Crippen LogP contribution in [-0.4, -0.2) is 19.3 Å². The largest absolute Gasteiger partial charge is 0.269 e. The number of fused-ring (bicyclic) bond motifs is 1. The van der Waals surface area contributed by atoms with Gasteiger partial charge in [0, 0.05) is 13.5 Å². The smallest absolute Gasteiger partial charge is 0.268 e. The van der Waals surface area contributed by atoms with E-state index in [4.69, 9.17) is 0 Å². The summed E-state index contributed by atoms with van der Waals surface area (Å²) in [6.45, 7) is 4.02. The molecular weight excluding hydrogens is 252 g/mol. The first kappa shape index (κ1) is 12.6. The van der Waals surface area contributed by atoms with Crippen molar-refractivity contribution >= 4 is 11.0 Å². The second kappa shape index (κ2) is 4.59. The lowest BCUT2D eigenvalue weighted by atomic mass is 10.2. The molecule has 0 unspecified atom stereocenters. The molecule has 0 aliphatic carbocycles. The molecule has 5 heteroatoms. The molecule has 5 nitrogen and oxygen atoms in total. The van der Waals surface area contributed by atoms with E-state index in [9.17, 15) is 4.79 Å². The molecule has 0 saturated heterocycles. The number of hydrogen-bond donors (Lipinski definition) is 0. The summed E-state index contributed by atoms with van der Waals surface area (Å²) in [5.74, 6) is 0.745. The highest BCUT2D eigenvalue weighted by molar-refractivity contribution is 5.73. The van der Waals surface area contributed by atoms with Gasteiger partial charge in [0.05, 0.1) is 11.9 Å². The van der Waals surface area contributed by atoms with E-state index >= 15 is 0 Å². The second-order valence-electron chi connectivity index (χ2n) is 4.86. The van der Waals surface area contributed by atoms with Crippen LogP contribution in [-0.2, 0) is 13.5 Å². The number of rotatable bonds is 2. The van der Waals surface area contributed by atoms with E-state index in [1.807, 2.05) is 38.1 Å². The molecule has 20 heavy (non-hydrogen) atoms. The Labute approximate surface area is 116 Å². The molecule has 0 radical (unpaired) electrons. The first-order chi connectivity index (χ1) is 9.61. The van der Waals surface area contributed by atoms with Gasteiger partial charge in [-0.05, 0) is 19.1 Å². The van der Waals surface area contributed by atoms with Crippen LogP contribution in [0.1, 0.15) is 18.3 Å². The maximum Gasteiger partial charge on any atom is 0.269 e.